The molecule has 1 saturated carbocycles. The van der Waals surface area contributed by atoms with Crippen molar-refractivity contribution >= 4 is 46.5 Å². The molecule has 0 spiro atoms. The van der Waals surface area contributed by atoms with Crippen LogP contribution in [0.1, 0.15) is 37.9 Å². The van der Waals surface area contributed by atoms with Crippen LogP contribution in [-0.2, 0) is 9.59 Å². The highest BCUT2D eigenvalue weighted by molar-refractivity contribution is 14.1. The van der Waals surface area contributed by atoms with Gasteiger partial charge in [0.2, 0.25) is 0 Å². The van der Waals surface area contributed by atoms with Crippen molar-refractivity contribution in [2.75, 3.05) is 0 Å². The highest BCUT2D eigenvalue weighted by Crippen LogP contribution is 2.26. The smallest absolute Gasteiger partial charge is 0.331 e. The molecule has 1 aliphatic heterocycles. The molecule has 2 heterocycles. The maximum absolute atomic E-state index is 12.6. The molecule has 0 aromatic carbocycles. The lowest BCUT2D eigenvalue weighted by Crippen LogP contribution is -2.58. The number of nitrogens with one attached hydrogen (secondary N) is 1. The number of rotatable bonds is 2. The van der Waals surface area contributed by atoms with E-state index >= 15 is 0 Å². The Morgan fingerprint density at radius 1 is 1.18 bits per heavy atom. The van der Waals surface area contributed by atoms with E-state index in [0.29, 0.717) is 9.53 Å². The highest BCUT2D eigenvalue weighted by atomic mass is 127. The number of amides is 4. The maximum atomic E-state index is 12.6. The standard InChI is InChI=1S/C15H15IN2O4/c16-12-7-6-10(22-12)8-11-13(19)17-15(21)18(14(11)20)9-4-2-1-3-5-9/h6-9H,1-5H2,(H,17,19,21)/b11-8-. The molecule has 1 aromatic heterocycles. The van der Waals surface area contributed by atoms with Crippen molar-refractivity contribution in [3.8, 4) is 0 Å². The number of carbonyl (C=O) groups is 3. The van der Waals surface area contributed by atoms with Crippen LogP contribution >= 0.6 is 22.6 Å². The second-order valence-electron chi connectivity index (χ2n) is 5.43. The molecule has 22 heavy (non-hydrogen) atoms. The molecule has 6 nitrogen and oxygen atoms in total. The van der Waals surface area contributed by atoms with Gasteiger partial charge in [-0.2, -0.15) is 0 Å². The fourth-order valence-corrected chi connectivity index (χ4v) is 3.32. The molecular formula is C15H15IN2O4. The van der Waals surface area contributed by atoms with Gasteiger partial charge in [0.1, 0.15) is 11.3 Å². The number of nitrogens with zero attached hydrogens (tertiary/aromatic N) is 1. The normalized spacial score (nSPS) is 22.3. The summed E-state index contributed by atoms with van der Waals surface area (Å²) in [6.45, 7) is 0. The minimum Gasteiger partial charge on any atom is -0.451 e. The van der Waals surface area contributed by atoms with E-state index in [-0.39, 0.29) is 11.6 Å². The van der Waals surface area contributed by atoms with Crippen LogP contribution in [0.4, 0.5) is 4.79 Å². The summed E-state index contributed by atoms with van der Waals surface area (Å²) in [4.78, 5) is 37.8. The average molecular weight is 414 g/mol. The maximum Gasteiger partial charge on any atom is 0.331 e. The van der Waals surface area contributed by atoms with E-state index < -0.39 is 17.8 Å². The number of barbiturate groups is 1. The Morgan fingerprint density at radius 2 is 1.91 bits per heavy atom. The molecule has 7 heteroatoms. The highest BCUT2D eigenvalue weighted by Gasteiger charge is 2.40. The van der Waals surface area contributed by atoms with Gasteiger partial charge in [-0.1, -0.05) is 19.3 Å². The lowest BCUT2D eigenvalue weighted by molar-refractivity contribution is -0.132. The van der Waals surface area contributed by atoms with E-state index in [2.05, 4.69) is 5.32 Å². The Bertz CT molecular complexity index is 658. The van der Waals surface area contributed by atoms with Crippen molar-refractivity contribution in [2.24, 2.45) is 0 Å². The molecule has 4 amide bonds. The second kappa shape index (κ2) is 6.23. The van der Waals surface area contributed by atoms with E-state index in [1.165, 1.54) is 11.0 Å². The zero-order valence-corrected chi connectivity index (χ0v) is 14.0. The molecule has 2 aliphatic rings. The number of urea groups is 1. The number of carbonyl (C=O) groups excluding carboxylic acids is 3. The van der Waals surface area contributed by atoms with Gasteiger partial charge in [-0.15, -0.1) is 0 Å². The summed E-state index contributed by atoms with van der Waals surface area (Å²) < 4.78 is 6.03. The molecule has 1 aliphatic carbocycles. The summed E-state index contributed by atoms with van der Waals surface area (Å²) in [5.41, 5.74) is -0.0593. The predicted molar refractivity (Wildman–Crippen MR) is 86.7 cm³/mol. The number of hydrogen-bond donors (Lipinski definition) is 1. The van der Waals surface area contributed by atoms with E-state index in [9.17, 15) is 14.4 Å². The zero-order chi connectivity index (χ0) is 15.7. The molecular weight excluding hydrogens is 399 g/mol. The van der Waals surface area contributed by atoms with E-state index in [1.54, 1.807) is 12.1 Å². The third kappa shape index (κ3) is 2.94. The zero-order valence-electron chi connectivity index (χ0n) is 11.8. The van der Waals surface area contributed by atoms with Crippen LogP contribution in [0.2, 0.25) is 0 Å². The molecule has 1 aromatic rings. The molecule has 116 valence electrons. The minimum absolute atomic E-state index is 0.0593. The third-order valence-electron chi connectivity index (χ3n) is 3.95. The fraction of sp³-hybridized carbons (Fsp3) is 0.400. The van der Waals surface area contributed by atoms with Gasteiger partial charge in [-0.3, -0.25) is 19.8 Å². The average Bonchev–Trinajstić information content (AvgIpc) is 2.90. The Hall–Kier alpha value is -1.64. The van der Waals surface area contributed by atoms with Gasteiger partial charge >= 0.3 is 6.03 Å². The largest absolute Gasteiger partial charge is 0.451 e. The first-order chi connectivity index (χ1) is 10.6. The lowest BCUT2D eigenvalue weighted by atomic mass is 9.93. The second-order valence-corrected chi connectivity index (χ2v) is 6.49. The molecule has 0 atom stereocenters. The monoisotopic (exact) mass is 414 g/mol. The Labute approximate surface area is 141 Å². The fourth-order valence-electron chi connectivity index (χ4n) is 2.89. The molecule has 1 saturated heterocycles. The predicted octanol–water partition coefficient (Wildman–Crippen LogP) is 2.68. The summed E-state index contributed by atoms with van der Waals surface area (Å²) in [5, 5.41) is 2.25. The van der Waals surface area contributed by atoms with Gasteiger partial charge in [0, 0.05) is 6.04 Å². The van der Waals surface area contributed by atoms with Crippen LogP contribution in [0.25, 0.3) is 6.08 Å². The molecule has 0 bridgehead atoms. The SMILES string of the molecule is O=C1NC(=O)N(C2CCCCC2)C(=O)/C1=C\c1ccc(I)o1. The molecule has 3 rings (SSSR count). The number of hydrogen-bond acceptors (Lipinski definition) is 4. The van der Waals surface area contributed by atoms with Gasteiger partial charge in [-0.05, 0) is 53.6 Å². The summed E-state index contributed by atoms with van der Waals surface area (Å²) in [7, 11) is 0. The number of halogens is 1. The van der Waals surface area contributed by atoms with Gasteiger partial charge in [0.15, 0.2) is 3.77 Å². The molecule has 0 unspecified atom stereocenters. The first-order valence-corrected chi connectivity index (χ1v) is 8.30. The summed E-state index contributed by atoms with van der Waals surface area (Å²) >= 11 is 2.00. The topological polar surface area (TPSA) is 79.6 Å². The van der Waals surface area contributed by atoms with Crippen LogP contribution in [0.5, 0.6) is 0 Å². The Kier molecular flexibility index (Phi) is 4.32. The van der Waals surface area contributed by atoms with E-state index in [1.807, 2.05) is 22.6 Å². The van der Waals surface area contributed by atoms with Crippen LogP contribution < -0.4 is 5.32 Å². The van der Waals surface area contributed by atoms with Crippen molar-refractivity contribution in [2.45, 2.75) is 38.1 Å². The van der Waals surface area contributed by atoms with E-state index in [4.69, 9.17) is 4.42 Å². The van der Waals surface area contributed by atoms with Gasteiger partial charge in [0.25, 0.3) is 11.8 Å². The van der Waals surface area contributed by atoms with Crippen molar-refractivity contribution in [3.63, 3.8) is 0 Å². The Morgan fingerprint density at radius 3 is 2.55 bits per heavy atom. The quantitative estimate of drug-likeness (QED) is 0.459. The van der Waals surface area contributed by atoms with Crippen molar-refractivity contribution in [3.05, 3.63) is 27.2 Å². The Balaban J connectivity index is 1.90. The number of furan rings is 1. The first kappa shape index (κ1) is 15.3. The van der Waals surface area contributed by atoms with Crippen molar-refractivity contribution in [1.29, 1.82) is 0 Å². The lowest BCUT2D eigenvalue weighted by Gasteiger charge is -2.35. The number of imide groups is 2. The minimum atomic E-state index is -0.673. The van der Waals surface area contributed by atoms with Gasteiger partial charge in [0.05, 0.1) is 0 Å². The summed E-state index contributed by atoms with van der Waals surface area (Å²) in [5.74, 6) is -0.790. The first-order valence-electron chi connectivity index (χ1n) is 7.22. The third-order valence-corrected chi connectivity index (χ3v) is 4.53. The van der Waals surface area contributed by atoms with Gasteiger partial charge in [-0.25, -0.2) is 4.79 Å². The summed E-state index contributed by atoms with van der Waals surface area (Å²) in [6.07, 6.45) is 6.07. The molecule has 0 radical (unpaired) electrons. The molecule has 2 fully saturated rings. The summed E-state index contributed by atoms with van der Waals surface area (Å²) in [6, 6.07) is 2.67. The van der Waals surface area contributed by atoms with Crippen LogP contribution in [0.15, 0.2) is 22.1 Å². The van der Waals surface area contributed by atoms with Crippen molar-refractivity contribution < 1.29 is 18.8 Å². The van der Waals surface area contributed by atoms with Crippen LogP contribution in [0, 0.1) is 3.77 Å². The van der Waals surface area contributed by atoms with Crippen LogP contribution in [-0.4, -0.2) is 28.8 Å². The molecule has 1 N–H and O–H groups in total. The van der Waals surface area contributed by atoms with E-state index in [0.717, 1.165) is 32.1 Å². The van der Waals surface area contributed by atoms with Crippen molar-refractivity contribution in [1.82, 2.24) is 10.2 Å². The van der Waals surface area contributed by atoms with Crippen LogP contribution in [0.3, 0.4) is 0 Å². The van der Waals surface area contributed by atoms with Gasteiger partial charge < -0.3 is 4.42 Å².